The number of nitro benzene ring substituents is 1. The second-order valence-electron chi connectivity index (χ2n) is 4.30. The van der Waals surface area contributed by atoms with E-state index in [-0.39, 0.29) is 22.9 Å². The van der Waals surface area contributed by atoms with Crippen LogP contribution in [0.2, 0.25) is 0 Å². The lowest BCUT2D eigenvalue weighted by Crippen LogP contribution is -2.25. The lowest BCUT2D eigenvalue weighted by molar-refractivity contribution is -0.385. The minimum Gasteiger partial charge on any atom is -0.490 e. The molecule has 0 atom stereocenters. The molecule has 1 N–H and O–H groups in total. The Morgan fingerprint density at radius 3 is 2.83 bits per heavy atom. The molecule has 0 aliphatic heterocycles. The molecule has 1 amide bonds. The Bertz CT molecular complexity index is 483. The maximum atomic E-state index is 11.8. The molecule has 0 saturated heterocycles. The highest BCUT2D eigenvalue weighted by atomic mass is 16.6. The molecular formula is C12H14N2O4. The van der Waals surface area contributed by atoms with Crippen LogP contribution in [-0.2, 0) is 0 Å². The number of ether oxygens (including phenoxy) is 1. The number of rotatable bonds is 5. The predicted molar refractivity (Wildman–Crippen MR) is 64.7 cm³/mol. The van der Waals surface area contributed by atoms with Crippen LogP contribution in [0.1, 0.15) is 23.2 Å². The van der Waals surface area contributed by atoms with E-state index in [0.717, 1.165) is 12.8 Å². The number of hydrogen-bond donors (Lipinski definition) is 1. The van der Waals surface area contributed by atoms with Crippen molar-refractivity contribution in [2.45, 2.75) is 12.8 Å². The standard InChI is InChI=1S/C12H14N2O4/c1-18-11-5-4-9(6-10(11)14(16)17)12(15)13-7-8-2-3-8/h4-6,8H,2-3,7H2,1H3,(H,13,15). The molecule has 18 heavy (non-hydrogen) atoms. The molecule has 1 aliphatic rings. The van der Waals surface area contributed by atoms with Crippen LogP contribution in [-0.4, -0.2) is 24.5 Å². The third-order valence-electron chi connectivity index (χ3n) is 2.89. The SMILES string of the molecule is COc1ccc(C(=O)NCC2CC2)cc1[N+](=O)[O-]. The molecule has 0 bridgehead atoms. The van der Waals surface area contributed by atoms with Crippen LogP contribution >= 0.6 is 0 Å². The van der Waals surface area contributed by atoms with Crippen molar-refractivity contribution in [2.24, 2.45) is 5.92 Å². The van der Waals surface area contributed by atoms with Gasteiger partial charge in [-0.25, -0.2) is 0 Å². The summed E-state index contributed by atoms with van der Waals surface area (Å²) in [7, 11) is 1.36. The van der Waals surface area contributed by atoms with Gasteiger partial charge in [0.1, 0.15) is 0 Å². The summed E-state index contributed by atoms with van der Waals surface area (Å²) in [5, 5.41) is 13.6. The van der Waals surface area contributed by atoms with E-state index in [4.69, 9.17) is 4.74 Å². The Kier molecular flexibility index (Phi) is 3.45. The molecule has 1 saturated carbocycles. The molecule has 0 heterocycles. The number of benzene rings is 1. The molecule has 6 heteroatoms. The fourth-order valence-electron chi connectivity index (χ4n) is 1.63. The molecule has 6 nitrogen and oxygen atoms in total. The van der Waals surface area contributed by atoms with E-state index in [9.17, 15) is 14.9 Å². The smallest absolute Gasteiger partial charge is 0.311 e. The topological polar surface area (TPSA) is 81.5 Å². The van der Waals surface area contributed by atoms with Crippen molar-refractivity contribution < 1.29 is 14.5 Å². The number of hydrogen-bond acceptors (Lipinski definition) is 4. The zero-order valence-corrected chi connectivity index (χ0v) is 10.0. The average molecular weight is 250 g/mol. The van der Waals surface area contributed by atoms with Crippen LogP contribution in [0.4, 0.5) is 5.69 Å². The quantitative estimate of drug-likeness (QED) is 0.637. The van der Waals surface area contributed by atoms with Crippen molar-refractivity contribution >= 4 is 11.6 Å². The fraction of sp³-hybridized carbons (Fsp3) is 0.417. The number of carbonyl (C=O) groups is 1. The Labute approximate surface area is 104 Å². The summed E-state index contributed by atoms with van der Waals surface area (Å²) in [5.41, 5.74) is 0.0831. The number of nitro groups is 1. The number of nitrogens with zero attached hydrogens (tertiary/aromatic N) is 1. The summed E-state index contributed by atoms with van der Waals surface area (Å²) in [6.45, 7) is 0.638. The van der Waals surface area contributed by atoms with Crippen molar-refractivity contribution in [1.82, 2.24) is 5.32 Å². The van der Waals surface area contributed by atoms with Gasteiger partial charge in [-0.2, -0.15) is 0 Å². The lowest BCUT2D eigenvalue weighted by Gasteiger charge is -2.06. The molecule has 0 unspecified atom stereocenters. The molecular weight excluding hydrogens is 236 g/mol. The van der Waals surface area contributed by atoms with Gasteiger partial charge in [-0.15, -0.1) is 0 Å². The van der Waals surface area contributed by atoms with E-state index >= 15 is 0 Å². The van der Waals surface area contributed by atoms with Crippen molar-refractivity contribution in [2.75, 3.05) is 13.7 Å². The van der Waals surface area contributed by atoms with Crippen LogP contribution < -0.4 is 10.1 Å². The van der Waals surface area contributed by atoms with Crippen LogP contribution in [0.25, 0.3) is 0 Å². The van der Waals surface area contributed by atoms with E-state index in [1.54, 1.807) is 0 Å². The summed E-state index contributed by atoms with van der Waals surface area (Å²) in [6.07, 6.45) is 2.28. The first-order valence-electron chi connectivity index (χ1n) is 5.72. The second-order valence-corrected chi connectivity index (χ2v) is 4.30. The normalized spacial score (nSPS) is 14.1. The van der Waals surface area contributed by atoms with Gasteiger partial charge >= 0.3 is 5.69 Å². The van der Waals surface area contributed by atoms with Gasteiger partial charge < -0.3 is 10.1 Å². The minimum atomic E-state index is -0.559. The predicted octanol–water partition coefficient (Wildman–Crippen LogP) is 1.74. The second kappa shape index (κ2) is 5.03. The molecule has 1 aromatic carbocycles. The third kappa shape index (κ3) is 2.77. The minimum absolute atomic E-state index is 0.152. The summed E-state index contributed by atoms with van der Waals surface area (Å²) in [5.74, 6) is 0.439. The van der Waals surface area contributed by atoms with Crippen LogP contribution in [0.3, 0.4) is 0 Å². The van der Waals surface area contributed by atoms with Gasteiger partial charge in [0.05, 0.1) is 12.0 Å². The maximum absolute atomic E-state index is 11.8. The van der Waals surface area contributed by atoms with Gasteiger partial charge in [0, 0.05) is 18.2 Å². The van der Waals surface area contributed by atoms with Crippen LogP contribution in [0, 0.1) is 16.0 Å². The maximum Gasteiger partial charge on any atom is 0.311 e. The number of carbonyl (C=O) groups excluding carboxylic acids is 1. The molecule has 0 radical (unpaired) electrons. The van der Waals surface area contributed by atoms with E-state index < -0.39 is 4.92 Å². The zero-order chi connectivity index (χ0) is 13.1. The number of methoxy groups -OCH3 is 1. The molecule has 2 rings (SSSR count). The molecule has 0 aromatic heterocycles. The molecule has 1 aromatic rings. The highest BCUT2D eigenvalue weighted by Gasteiger charge is 2.23. The third-order valence-corrected chi connectivity index (χ3v) is 2.89. The highest BCUT2D eigenvalue weighted by molar-refractivity contribution is 5.95. The van der Waals surface area contributed by atoms with E-state index in [1.165, 1.54) is 25.3 Å². The largest absolute Gasteiger partial charge is 0.490 e. The lowest BCUT2D eigenvalue weighted by atomic mass is 10.1. The highest BCUT2D eigenvalue weighted by Crippen LogP contribution is 2.29. The first-order valence-corrected chi connectivity index (χ1v) is 5.72. The molecule has 96 valence electrons. The number of nitrogens with one attached hydrogen (secondary N) is 1. The summed E-state index contributed by atoms with van der Waals surface area (Å²) in [6, 6.07) is 4.19. The Morgan fingerprint density at radius 2 is 2.28 bits per heavy atom. The Hall–Kier alpha value is -2.11. The van der Waals surface area contributed by atoms with E-state index in [1.807, 2.05) is 0 Å². The van der Waals surface area contributed by atoms with Gasteiger partial charge in [0.2, 0.25) is 0 Å². The fourth-order valence-corrected chi connectivity index (χ4v) is 1.63. The van der Waals surface area contributed by atoms with Gasteiger partial charge in [-0.1, -0.05) is 0 Å². The Balaban J connectivity index is 2.14. The van der Waals surface area contributed by atoms with Gasteiger partial charge in [-0.05, 0) is 30.9 Å². The zero-order valence-electron chi connectivity index (χ0n) is 10.0. The van der Waals surface area contributed by atoms with Crippen molar-refractivity contribution in [3.63, 3.8) is 0 Å². The first kappa shape index (κ1) is 12.3. The molecule has 1 aliphatic carbocycles. The summed E-state index contributed by atoms with van der Waals surface area (Å²) >= 11 is 0. The molecule has 0 spiro atoms. The monoisotopic (exact) mass is 250 g/mol. The van der Waals surface area contributed by atoms with Crippen LogP contribution in [0.5, 0.6) is 5.75 Å². The van der Waals surface area contributed by atoms with E-state index in [2.05, 4.69) is 5.32 Å². The number of amides is 1. The average Bonchev–Trinajstić information content (AvgIpc) is 3.19. The Morgan fingerprint density at radius 1 is 1.56 bits per heavy atom. The van der Waals surface area contributed by atoms with E-state index in [0.29, 0.717) is 12.5 Å². The van der Waals surface area contributed by atoms with Crippen molar-refractivity contribution in [3.8, 4) is 5.75 Å². The van der Waals surface area contributed by atoms with Gasteiger partial charge in [-0.3, -0.25) is 14.9 Å². The van der Waals surface area contributed by atoms with Gasteiger partial charge in [0.15, 0.2) is 5.75 Å². The van der Waals surface area contributed by atoms with Crippen molar-refractivity contribution in [3.05, 3.63) is 33.9 Å². The van der Waals surface area contributed by atoms with Crippen LogP contribution in [0.15, 0.2) is 18.2 Å². The first-order chi connectivity index (χ1) is 8.61. The summed E-state index contributed by atoms with van der Waals surface area (Å²) < 4.78 is 4.88. The van der Waals surface area contributed by atoms with Gasteiger partial charge in [0.25, 0.3) is 5.91 Å². The summed E-state index contributed by atoms with van der Waals surface area (Å²) in [4.78, 5) is 22.0. The molecule has 1 fully saturated rings. The van der Waals surface area contributed by atoms with Crippen molar-refractivity contribution in [1.29, 1.82) is 0 Å².